The Labute approximate surface area is 392 Å². The molecule has 63 heavy (non-hydrogen) atoms. The van der Waals surface area contributed by atoms with Gasteiger partial charge in [-0.05, 0) is 51.4 Å². The lowest BCUT2D eigenvalue weighted by Gasteiger charge is -2.19. The number of hydrogen-bond acceptors (Lipinski definition) is 5. The Morgan fingerprint density at radius 1 is 0.444 bits per heavy atom. The van der Waals surface area contributed by atoms with Gasteiger partial charge >= 0.3 is 5.97 Å². The van der Waals surface area contributed by atoms with Gasteiger partial charge in [0.05, 0.1) is 25.4 Å². The normalized spacial score (nSPS) is 12.9. The first-order chi connectivity index (χ1) is 31.0. The highest BCUT2D eigenvalue weighted by atomic mass is 16.5. The molecule has 0 aliphatic rings. The highest BCUT2D eigenvalue weighted by Crippen LogP contribution is 2.16. The SMILES string of the molecule is CCCCCCCCCCCCCCCCCCC/C=C/C(O)C(CO)NC(=O)CC/C=C\C/C=C\CCCCCCCCOC(=O)CCCCCCCCCCCCCCCC. The fourth-order valence-corrected chi connectivity index (χ4v) is 8.39. The topological polar surface area (TPSA) is 95.9 Å². The lowest BCUT2D eigenvalue weighted by molar-refractivity contribution is -0.143. The first-order valence-electron chi connectivity index (χ1n) is 27.8. The monoisotopic (exact) mass is 886 g/mol. The number of amides is 1. The van der Waals surface area contributed by atoms with Gasteiger partial charge in [0.15, 0.2) is 0 Å². The summed E-state index contributed by atoms with van der Waals surface area (Å²) < 4.78 is 5.45. The lowest BCUT2D eigenvalue weighted by atomic mass is 10.0. The molecule has 0 saturated heterocycles. The third-order valence-corrected chi connectivity index (χ3v) is 12.7. The van der Waals surface area contributed by atoms with Crippen LogP contribution in [0.1, 0.15) is 290 Å². The Balaban J connectivity index is 3.58. The Hall–Kier alpha value is -1.92. The van der Waals surface area contributed by atoms with Gasteiger partial charge in [0.1, 0.15) is 0 Å². The van der Waals surface area contributed by atoms with Crippen molar-refractivity contribution in [3.8, 4) is 0 Å². The number of ether oxygens (including phenoxy) is 1. The minimum absolute atomic E-state index is 0.0163. The molecule has 0 spiro atoms. The van der Waals surface area contributed by atoms with Crippen LogP contribution >= 0.6 is 0 Å². The molecule has 2 atom stereocenters. The summed E-state index contributed by atoms with van der Waals surface area (Å²) in [5.74, 6) is -0.163. The van der Waals surface area contributed by atoms with Crippen molar-refractivity contribution in [3.63, 3.8) is 0 Å². The van der Waals surface area contributed by atoms with Crippen LogP contribution in [0.4, 0.5) is 0 Å². The highest BCUT2D eigenvalue weighted by Gasteiger charge is 2.17. The summed E-state index contributed by atoms with van der Waals surface area (Å²) in [6, 6.07) is -0.672. The molecule has 0 aliphatic carbocycles. The molecule has 0 heterocycles. The van der Waals surface area contributed by atoms with Gasteiger partial charge in [0.25, 0.3) is 0 Å². The standard InChI is InChI=1S/C57H107NO5/c1-3-5-7-9-11-13-15-17-19-20-21-22-23-25-29-33-37-41-45-49-55(60)54(53-59)58-56(61)50-46-42-38-34-30-26-24-28-32-36-40-44-48-52-63-57(62)51-47-43-39-35-31-27-18-16-14-12-10-8-6-4-2/h26,30,38,42,45,49,54-55,59-60H,3-25,27-29,31-37,39-41,43-44,46-48,50-53H2,1-2H3,(H,58,61)/b30-26-,42-38-,49-45+. The van der Waals surface area contributed by atoms with Gasteiger partial charge < -0.3 is 20.3 Å². The van der Waals surface area contributed by atoms with Crippen LogP contribution in [0.2, 0.25) is 0 Å². The van der Waals surface area contributed by atoms with Gasteiger partial charge in [-0.2, -0.15) is 0 Å². The van der Waals surface area contributed by atoms with Gasteiger partial charge in [-0.15, -0.1) is 0 Å². The predicted molar refractivity (Wildman–Crippen MR) is 273 cm³/mol. The van der Waals surface area contributed by atoms with E-state index in [4.69, 9.17) is 4.74 Å². The average molecular weight is 886 g/mol. The van der Waals surface area contributed by atoms with E-state index in [1.807, 2.05) is 12.2 Å². The molecule has 0 rings (SSSR count). The smallest absolute Gasteiger partial charge is 0.305 e. The second kappa shape index (κ2) is 52.7. The van der Waals surface area contributed by atoms with Crippen molar-refractivity contribution in [2.24, 2.45) is 0 Å². The lowest BCUT2D eigenvalue weighted by Crippen LogP contribution is -2.45. The average Bonchev–Trinajstić information content (AvgIpc) is 3.28. The predicted octanol–water partition coefficient (Wildman–Crippen LogP) is 16.9. The van der Waals surface area contributed by atoms with E-state index in [1.165, 1.54) is 205 Å². The zero-order valence-corrected chi connectivity index (χ0v) is 42.1. The Morgan fingerprint density at radius 2 is 0.810 bits per heavy atom. The number of rotatable bonds is 51. The zero-order chi connectivity index (χ0) is 45.8. The zero-order valence-electron chi connectivity index (χ0n) is 42.1. The molecule has 0 saturated carbocycles. The molecule has 0 aromatic carbocycles. The van der Waals surface area contributed by atoms with E-state index < -0.39 is 12.1 Å². The van der Waals surface area contributed by atoms with Gasteiger partial charge in [0.2, 0.25) is 5.91 Å². The van der Waals surface area contributed by atoms with E-state index in [1.54, 1.807) is 6.08 Å². The molecule has 0 fully saturated rings. The van der Waals surface area contributed by atoms with Crippen molar-refractivity contribution in [2.75, 3.05) is 13.2 Å². The second-order valence-corrected chi connectivity index (χ2v) is 18.9. The van der Waals surface area contributed by atoms with Crippen molar-refractivity contribution >= 4 is 11.9 Å². The molecule has 0 aromatic rings. The summed E-state index contributed by atoms with van der Waals surface area (Å²) in [4.78, 5) is 24.4. The molecule has 0 radical (unpaired) electrons. The molecular formula is C57H107NO5. The van der Waals surface area contributed by atoms with E-state index in [9.17, 15) is 19.8 Å². The number of unbranched alkanes of at least 4 members (excludes halogenated alkanes) is 36. The van der Waals surface area contributed by atoms with Crippen molar-refractivity contribution in [1.29, 1.82) is 0 Å². The van der Waals surface area contributed by atoms with Crippen molar-refractivity contribution in [3.05, 3.63) is 36.5 Å². The highest BCUT2D eigenvalue weighted by molar-refractivity contribution is 5.76. The van der Waals surface area contributed by atoms with Crippen LogP contribution in [0.25, 0.3) is 0 Å². The van der Waals surface area contributed by atoms with Gasteiger partial charge in [-0.3, -0.25) is 9.59 Å². The Morgan fingerprint density at radius 3 is 1.24 bits per heavy atom. The van der Waals surface area contributed by atoms with E-state index in [2.05, 4.69) is 37.4 Å². The molecule has 0 aliphatic heterocycles. The third kappa shape index (κ3) is 49.4. The largest absolute Gasteiger partial charge is 0.466 e. The van der Waals surface area contributed by atoms with Crippen LogP contribution in [0.15, 0.2) is 36.5 Å². The molecule has 3 N–H and O–H groups in total. The molecule has 6 heteroatoms. The van der Waals surface area contributed by atoms with Gasteiger partial charge in [-0.25, -0.2) is 0 Å². The number of carbonyl (C=O) groups is 2. The summed E-state index contributed by atoms with van der Waals surface area (Å²) in [5.41, 5.74) is 0. The van der Waals surface area contributed by atoms with Crippen LogP contribution in [0.3, 0.4) is 0 Å². The molecular weight excluding hydrogens is 779 g/mol. The number of esters is 1. The van der Waals surface area contributed by atoms with E-state index in [-0.39, 0.29) is 18.5 Å². The first kappa shape index (κ1) is 61.1. The second-order valence-electron chi connectivity index (χ2n) is 18.9. The molecule has 1 amide bonds. The minimum atomic E-state index is -0.879. The van der Waals surface area contributed by atoms with Crippen LogP contribution in [-0.2, 0) is 14.3 Å². The van der Waals surface area contributed by atoms with E-state index in [0.29, 0.717) is 25.9 Å². The summed E-state index contributed by atoms with van der Waals surface area (Å²) in [7, 11) is 0. The van der Waals surface area contributed by atoms with E-state index >= 15 is 0 Å². The van der Waals surface area contributed by atoms with Gasteiger partial charge in [-0.1, -0.05) is 262 Å². The summed E-state index contributed by atoms with van der Waals surface area (Å²) >= 11 is 0. The number of aliphatic hydroxyl groups is 2. The first-order valence-corrected chi connectivity index (χ1v) is 27.8. The van der Waals surface area contributed by atoms with Crippen LogP contribution < -0.4 is 5.32 Å². The molecule has 6 nitrogen and oxygen atoms in total. The minimum Gasteiger partial charge on any atom is -0.466 e. The maximum Gasteiger partial charge on any atom is 0.305 e. The molecule has 0 aromatic heterocycles. The summed E-state index contributed by atoms with van der Waals surface area (Å²) in [5, 5.41) is 23.0. The fraction of sp³-hybridized carbons (Fsp3) is 0.860. The molecule has 0 bridgehead atoms. The fourth-order valence-electron chi connectivity index (χ4n) is 8.39. The number of hydrogen-bond donors (Lipinski definition) is 3. The van der Waals surface area contributed by atoms with Crippen molar-refractivity contribution in [2.45, 2.75) is 302 Å². The number of allylic oxidation sites excluding steroid dienone is 5. The van der Waals surface area contributed by atoms with Gasteiger partial charge in [0, 0.05) is 12.8 Å². The number of aliphatic hydroxyl groups excluding tert-OH is 2. The number of nitrogens with one attached hydrogen (secondary N) is 1. The maximum absolute atomic E-state index is 12.4. The van der Waals surface area contributed by atoms with Crippen LogP contribution in [0.5, 0.6) is 0 Å². The molecule has 370 valence electrons. The van der Waals surface area contributed by atoms with Crippen LogP contribution in [-0.4, -0.2) is 47.4 Å². The summed E-state index contributed by atoms with van der Waals surface area (Å²) in [6.07, 6.45) is 64.5. The number of carbonyl (C=O) groups excluding carboxylic acids is 2. The van der Waals surface area contributed by atoms with Crippen molar-refractivity contribution in [1.82, 2.24) is 5.32 Å². The Kier molecular flexibility index (Phi) is 51.1. The Bertz CT molecular complexity index is 1020. The summed E-state index contributed by atoms with van der Waals surface area (Å²) in [6.45, 7) is 4.85. The maximum atomic E-state index is 12.4. The molecule has 2 unspecified atom stereocenters. The third-order valence-electron chi connectivity index (χ3n) is 12.7. The van der Waals surface area contributed by atoms with Crippen molar-refractivity contribution < 1.29 is 24.5 Å². The van der Waals surface area contributed by atoms with E-state index in [0.717, 1.165) is 51.4 Å². The quantitative estimate of drug-likeness (QED) is 0.0321. The van der Waals surface area contributed by atoms with Crippen LogP contribution in [0, 0.1) is 0 Å².